The molecule has 7 nitrogen and oxygen atoms in total. The van der Waals surface area contributed by atoms with Gasteiger partial charge in [0, 0.05) is 24.0 Å². The molecule has 1 atom stereocenters. The number of carbonyl (C=O) groups is 2. The smallest absolute Gasteiger partial charge is 0.339 e. The van der Waals surface area contributed by atoms with Crippen LogP contribution in [0.5, 0.6) is 0 Å². The SMILES string of the molecule is Cc1ccc2nc(-c3ccccc3)cc(C(=O)OCC(=O)N(C)C3CCS(=O)(=O)C3)c2c1. The molecule has 0 bridgehead atoms. The number of likely N-dealkylation sites (N-methyl/N-ethyl adjacent to an activating group) is 1. The molecule has 3 aromatic rings. The molecule has 4 rings (SSSR count). The maximum Gasteiger partial charge on any atom is 0.339 e. The number of benzene rings is 2. The lowest BCUT2D eigenvalue weighted by Gasteiger charge is -2.23. The van der Waals surface area contributed by atoms with Gasteiger partial charge in [-0.25, -0.2) is 18.2 Å². The highest BCUT2D eigenvalue weighted by Gasteiger charge is 2.33. The third-order valence-electron chi connectivity index (χ3n) is 5.73. The van der Waals surface area contributed by atoms with Crippen molar-refractivity contribution in [2.45, 2.75) is 19.4 Å². The fourth-order valence-corrected chi connectivity index (χ4v) is 5.63. The lowest BCUT2D eigenvalue weighted by Crippen LogP contribution is -2.40. The molecule has 0 N–H and O–H groups in total. The number of hydrogen-bond donors (Lipinski definition) is 0. The second-order valence-corrected chi connectivity index (χ2v) is 10.3. The van der Waals surface area contributed by atoms with Crippen molar-refractivity contribution in [3.63, 3.8) is 0 Å². The fraction of sp³-hybridized carbons (Fsp3) is 0.292. The van der Waals surface area contributed by atoms with E-state index in [1.165, 1.54) is 4.90 Å². The van der Waals surface area contributed by atoms with Crippen LogP contribution in [0.3, 0.4) is 0 Å². The Balaban J connectivity index is 1.57. The zero-order chi connectivity index (χ0) is 22.9. The predicted octanol–water partition coefficient (Wildman–Crippen LogP) is 3.01. The van der Waals surface area contributed by atoms with Crippen molar-refractivity contribution in [1.82, 2.24) is 9.88 Å². The zero-order valence-electron chi connectivity index (χ0n) is 17.9. The third kappa shape index (κ3) is 4.65. The Morgan fingerprint density at radius 2 is 1.88 bits per heavy atom. The van der Waals surface area contributed by atoms with Gasteiger partial charge in [0.15, 0.2) is 16.4 Å². The Labute approximate surface area is 186 Å². The number of hydrogen-bond acceptors (Lipinski definition) is 6. The van der Waals surface area contributed by atoms with E-state index in [2.05, 4.69) is 4.98 Å². The molecule has 0 aliphatic carbocycles. The molecular formula is C24H24N2O5S. The highest BCUT2D eigenvalue weighted by Crippen LogP contribution is 2.26. The number of carbonyl (C=O) groups excluding carboxylic acids is 2. The molecule has 0 saturated carbocycles. The number of aromatic nitrogens is 1. The number of ether oxygens (including phenoxy) is 1. The molecule has 166 valence electrons. The van der Waals surface area contributed by atoms with Gasteiger partial charge >= 0.3 is 5.97 Å². The van der Waals surface area contributed by atoms with E-state index in [0.717, 1.165) is 11.1 Å². The number of fused-ring (bicyclic) bond motifs is 1. The highest BCUT2D eigenvalue weighted by atomic mass is 32.2. The summed E-state index contributed by atoms with van der Waals surface area (Å²) < 4.78 is 28.7. The summed E-state index contributed by atoms with van der Waals surface area (Å²) in [5.74, 6) is -1.04. The molecule has 1 saturated heterocycles. The molecule has 1 fully saturated rings. The first-order chi connectivity index (χ1) is 15.2. The van der Waals surface area contributed by atoms with Gasteiger partial charge in [-0.1, -0.05) is 42.0 Å². The lowest BCUT2D eigenvalue weighted by atomic mass is 10.0. The molecule has 1 unspecified atom stereocenters. The van der Waals surface area contributed by atoms with Gasteiger partial charge in [-0.2, -0.15) is 0 Å². The van der Waals surface area contributed by atoms with E-state index in [0.29, 0.717) is 28.6 Å². The van der Waals surface area contributed by atoms with Crippen molar-refractivity contribution in [3.05, 3.63) is 65.7 Å². The van der Waals surface area contributed by atoms with Crippen LogP contribution in [0.4, 0.5) is 0 Å². The number of rotatable bonds is 5. The number of sulfone groups is 1. The van der Waals surface area contributed by atoms with Crippen LogP contribution in [-0.4, -0.2) is 61.4 Å². The number of pyridine rings is 1. The van der Waals surface area contributed by atoms with Crippen LogP contribution in [0, 0.1) is 6.92 Å². The average Bonchev–Trinajstić information content (AvgIpc) is 3.16. The summed E-state index contributed by atoms with van der Waals surface area (Å²) in [6.07, 6.45) is 0.396. The highest BCUT2D eigenvalue weighted by molar-refractivity contribution is 7.91. The molecule has 2 heterocycles. The summed E-state index contributed by atoms with van der Waals surface area (Å²) in [7, 11) is -1.57. The third-order valence-corrected chi connectivity index (χ3v) is 7.48. The van der Waals surface area contributed by atoms with E-state index in [-0.39, 0.29) is 17.5 Å². The van der Waals surface area contributed by atoms with E-state index >= 15 is 0 Å². The molecule has 1 aliphatic heterocycles. The van der Waals surface area contributed by atoms with E-state index in [9.17, 15) is 18.0 Å². The van der Waals surface area contributed by atoms with Crippen LogP contribution in [0.2, 0.25) is 0 Å². The van der Waals surface area contributed by atoms with Crippen LogP contribution in [0.15, 0.2) is 54.6 Å². The fourth-order valence-electron chi connectivity index (χ4n) is 3.86. The molecule has 2 aromatic carbocycles. The van der Waals surface area contributed by atoms with Crippen molar-refractivity contribution >= 4 is 32.6 Å². The van der Waals surface area contributed by atoms with Gasteiger partial charge in [-0.3, -0.25) is 4.79 Å². The van der Waals surface area contributed by atoms with Crippen molar-refractivity contribution in [2.24, 2.45) is 0 Å². The van der Waals surface area contributed by atoms with Crippen molar-refractivity contribution < 1.29 is 22.7 Å². The zero-order valence-corrected chi connectivity index (χ0v) is 18.8. The summed E-state index contributed by atoms with van der Waals surface area (Å²) in [6, 6.07) is 16.4. The first-order valence-corrected chi connectivity index (χ1v) is 12.2. The Kier molecular flexibility index (Phi) is 5.97. The summed E-state index contributed by atoms with van der Waals surface area (Å²) in [5, 5.41) is 0.650. The molecule has 32 heavy (non-hydrogen) atoms. The van der Waals surface area contributed by atoms with Gasteiger partial charge in [0.1, 0.15) is 0 Å². The summed E-state index contributed by atoms with van der Waals surface area (Å²) in [5.41, 5.74) is 3.45. The largest absolute Gasteiger partial charge is 0.452 e. The van der Waals surface area contributed by atoms with Gasteiger partial charge in [-0.15, -0.1) is 0 Å². The number of nitrogens with zero attached hydrogens (tertiary/aromatic N) is 2. The van der Waals surface area contributed by atoms with E-state index < -0.39 is 28.3 Å². The monoisotopic (exact) mass is 452 g/mol. The van der Waals surface area contributed by atoms with Crippen molar-refractivity contribution in [3.8, 4) is 11.3 Å². The van der Waals surface area contributed by atoms with Gasteiger partial charge in [-0.05, 0) is 31.5 Å². The lowest BCUT2D eigenvalue weighted by molar-refractivity contribution is -0.134. The van der Waals surface area contributed by atoms with Crippen LogP contribution in [0.25, 0.3) is 22.2 Å². The first-order valence-electron chi connectivity index (χ1n) is 10.3. The van der Waals surface area contributed by atoms with Crippen LogP contribution in [-0.2, 0) is 19.4 Å². The number of amides is 1. The second kappa shape index (κ2) is 8.70. The molecule has 1 aromatic heterocycles. The summed E-state index contributed by atoms with van der Waals surface area (Å²) >= 11 is 0. The topological polar surface area (TPSA) is 93.6 Å². The quantitative estimate of drug-likeness (QED) is 0.553. The molecule has 0 spiro atoms. The maximum absolute atomic E-state index is 13.0. The number of aryl methyl sites for hydroxylation is 1. The van der Waals surface area contributed by atoms with Crippen LogP contribution < -0.4 is 0 Å². The Morgan fingerprint density at radius 3 is 2.56 bits per heavy atom. The average molecular weight is 453 g/mol. The second-order valence-electron chi connectivity index (χ2n) is 8.08. The molecule has 0 radical (unpaired) electrons. The van der Waals surface area contributed by atoms with Gasteiger partial charge in [0.25, 0.3) is 5.91 Å². The van der Waals surface area contributed by atoms with E-state index in [1.54, 1.807) is 13.1 Å². The van der Waals surface area contributed by atoms with Gasteiger partial charge in [0.2, 0.25) is 0 Å². The van der Waals surface area contributed by atoms with Gasteiger partial charge in [0.05, 0.1) is 28.3 Å². The Bertz CT molecular complexity index is 1290. The first kappa shape index (κ1) is 22.0. The standard InChI is InChI=1S/C24H24N2O5S/c1-16-8-9-21-19(12-16)20(13-22(25-21)17-6-4-3-5-7-17)24(28)31-14-23(27)26(2)18-10-11-32(29,30)15-18/h3-9,12-13,18H,10-11,14-15H2,1-2H3. The minimum atomic E-state index is -3.12. The van der Waals surface area contributed by atoms with Gasteiger partial charge < -0.3 is 9.64 Å². The predicted molar refractivity (Wildman–Crippen MR) is 122 cm³/mol. The van der Waals surface area contributed by atoms with Crippen LogP contribution >= 0.6 is 0 Å². The maximum atomic E-state index is 13.0. The molecule has 1 aliphatic rings. The number of esters is 1. The Hall–Kier alpha value is -3.26. The van der Waals surface area contributed by atoms with Crippen LogP contribution in [0.1, 0.15) is 22.3 Å². The van der Waals surface area contributed by atoms with Crippen molar-refractivity contribution in [2.75, 3.05) is 25.2 Å². The normalized spacial score (nSPS) is 17.2. The molecular weight excluding hydrogens is 428 g/mol. The van der Waals surface area contributed by atoms with E-state index in [1.807, 2.05) is 55.5 Å². The minimum Gasteiger partial charge on any atom is -0.452 e. The Morgan fingerprint density at radius 1 is 1.12 bits per heavy atom. The van der Waals surface area contributed by atoms with Crippen molar-refractivity contribution in [1.29, 1.82) is 0 Å². The summed E-state index contributed by atoms with van der Waals surface area (Å²) in [4.78, 5) is 31.6. The molecule has 8 heteroatoms. The van der Waals surface area contributed by atoms with E-state index in [4.69, 9.17) is 4.74 Å². The minimum absolute atomic E-state index is 0.0576. The summed E-state index contributed by atoms with van der Waals surface area (Å²) in [6.45, 7) is 1.47. The molecule has 1 amide bonds.